The van der Waals surface area contributed by atoms with Gasteiger partial charge in [0.15, 0.2) is 0 Å². The first kappa shape index (κ1) is 18.4. The lowest BCUT2D eigenvalue weighted by atomic mass is 9.45. The van der Waals surface area contributed by atoms with Gasteiger partial charge in [0.1, 0.15) is 5.78 Å². The highest BCUT2D eigenvalue weighted by molar-refractivity contribution is 5.81. The fourth-order valence-corrected chi connectivity index (χ4v) is 6.15. The molecule has 3 rings (SSSR count). The normalized spacial score (nSPS) is 43.5. The van der Waals surface area contributed by atoms with E-state index < -0.39 is 0 Å². The first-order chi connectivity index (χ1) is 11.6. The van der Waals surface area contributed by atoms with Crippen LogP contribution < -0.4 is 0 Å². The lowest BCUT2D eigenvalue weighted by molar-refractivity contribution is -0.159. The Morgan fingerprint density at radius 3 is 2.68 bits per heavy atom. The van der Waals surface area contributed by atoms with Crippen LogP contribution in [0.4, 0.5) is 0 Å². The maximum Gasteiger partial charge on any atom is 0.302 e. The molecule has 0 spiro atoms. The zero-order valence-corrected chi connectivity index (χ0v) is 16.2. The second kappa shape index (κ2) is 6.10. The molecule has 0 aromatic rings. The monoisotopic (exact) mass is 344 g/mol. The Labute approximate surface area is 151 Å². The number of carbonyl (C=O) groups is 2. The zero-order chi connectivity index (χ0) is 18.5. The third-order valence-corrected chi connectivity index (χ3v) is 7.34. The van der Waals surface area contributed by atoms with Crippen molar-refractivity contribution in [1.29, 1.82) is 0 Å². The summed E-state index contributed by atoms with van der Waals surface area (Å²) in [5, 5.41) is 0. The van der Waals surface area contributed by atoms with Crippen molar-refractivity contribution >= 4 is 11.8 Å². The Hall–Kier alpha value is -1.38. The Kier molecular flexibility index (Phi) is 4.50. The van der Waals surface area contributed by atoms with Crippen LogP contribution in [-0.2, 0) is 14.3 Å². The third-order valence-electron chi connectivity index (χ3n) is 7.34. The van der Waals surface area contributed by atoms with E-state index in [2.05, 4.69) is 39.5 Å². The first-order valence-electron chi connectivity index (χ1n) is 9.62. The summed E-state index contributed by atoms with van der Waals surface area (Å²) in [6.07, 6.45) is 10.1. The van der Waals surface area contributed by atoms with Crippen molar-refractivity contribution in [1.82, 2.24) is 0 Å². The average molecular weight is 344 g/mol. The van der Waals surface area contributed by atoms with Crippen molar-refractivity contribution in [2.45, 2.75) is 66.2 Å². The molecule has 3 aliphatic carbocycles. The van der Waals surface area contributed by atoms with Gasteiger partial charge in [0.05, 0.1) is 6.61 Å². The van der Waals surface area contributed by atoms with Crippen LogP contribution in [0.5, 0.6) is 0 Å². The van der Waals surface area contributed by atoms with E-state index in [1.54, 1.807) is 0 Å². The molecule has 0 bridgehead atoms. The molecule has 0 aliphatic heterocycles. The molecule has 25 heavy (non-hydrogen) atoms. The van der Waals surface area contributed by atoms with Gasteiger partial charge >= 0.3 is 5.97 Å². The second-order valence-corrected chi connectivity index (χ2v) is 9.44. The molecule has 2 saturated carbocycles. The van der Waals surface area contributed by atoms with Crippen LogP contribution >= 0.6 is 0 Å². The molecule has 0 radical (unpaired) electrons. The molecule has 3 aliphatic rings. The number of esters is 1. The van der Waals surface area contributed by atoms with Gasteiger partial charge in [-0.2, -0.15) is 0 Å². The van der Waals surface area contributed by atoms with Gasteiger partial charge in [-0.1, -0.05) is 38.5 Å². The molecule has 138 valence electrons. The van der Waals surface area contributed by atoms with Crippen LogP contribution in [0.25, 0.3) is 0 Å². The number of hydrogen-bond donors (Lipinski definition) is 0. The summed E-state index contributed by atoms with van der Waals surface area (Å²) in [4.78, 5) is 24.0. The average Bonchev–Trinajstić information content (AvgIpc) is 2.52. The number of hydrogen-bond acceptors (Lipinski definition) is 3. The predicted molar refractivity (Wildman–Crippen MR) is 98.9 cm³/mol. The Bertz CT molecular complexity index is 633. The Balaban J connectivity index is 1.94. The topological polar surface area (TPSA) is 43.4 Å². The fourth-order valence-electron chi connectivity index (χ4n) is 6.15. The standard InChI is InChI=1S/C22H32O3/c1-6-20(3)10-9-18-16(11-20)7-8-19-21(4,14-25-15(2)23)12-17(24)13-22(18,19)5/h6,11,18-19H,1,7-10,12-14H2,2-5H3/t18-,19-,20-,21-,22+/m1/s1. The molecule has 0 unspecified atom stereocenters. The maximum atomic E-state index is 12.7. The molecular formula is C22H32O3. The van der Waals surface area contributed by atoms with Crippen LogP contribution in [0.1, 0.15) is 66.2 Å². The number of ether oxygens (including phenoxy) is 1. The van der Waals surface area contributed by atoms with E-state index >= 15 is 0 Å². The van der Waals surface area contributed by atoms with Gasteiger partial charge in [-0.05, 0) is 42.9 Å². The highest BCUT2D eigenvalue weighted by Crippen LogP contribution is 2.63. The molecule has 0 aromatic heterocycles. The van der Waals surface area contributed by atoms with Gasteiger partial charge in [0.2, 0.25) is 0 Å². The summed E-state index contributed by atoms with van der Waals surface area (Å²) in [6.45, 7) is 12.6. The highest BCUT2D eigenvalue weighted by Gasteiger charge is 2.58. The highest BCUT2D eigenvalue weighted by atomic mass is 16.5. The largest absolute Gasteiger partial charge is 0.465 e. The zero-order valence-electron chi connectivity index (χ0n) is 16.2. The van der Waals surface area contributed by atoms with Crippen molar-refractivity contribution in [3.63, 3.8) is 0 Å². The number of fused-ring (bicyclic) bond motifs is 3. The van der Waals surface area contributed by atoms with E-state index in [1.807, 2.05) is 0 Å². The lowest BCUT2D eigenvalue weighted by Crippen LogP contribution is -2.55. The summed E-state index contributed by atoms with van der Waals surface area (Å²) in [5.41, 5.74) is 1.36. The van der Waals surface area contributed by atoms with E-state index in [-0.39, 0.29) is 22.2 Å². The molecule has 0 heterocycles. The summed E-state index contributed by atoms with van der Waals surface area (Å²) >= 11 is 0. The van der Waals surface area contributed by atoms with Crippen LogP contribution in [0.3, 0.4) is 0 Å². The summed E-state index contributed by atoms with van der Waals surface area (Å²) in [7, 11) is 0. The number of rotatable bonds is 3. The SMILES string of the molecule is C=C[C@@]1(C)C=C2CC[C@@H]3[C@@](C)(COC(C)=O)CC(=O)C[C@@]3(C)[C@@H]2CC1. The van der Waals surface area contributed by atoms with E-state index in [9.17, 15) is 9.59 Å². The summed E-state index contributed by atoms with van der Waals surface area (Å²) < 4.78 is 5.39. The van der Waals surface area contributed by atoms with Gasteiger partial charge < -0.3 is 4.74 Å². The van der Waals surface area contributed by atoms with Crippen LogP contribution in [0, 0.1) is 28.1 Å². The van der Waals surface area contributed by atoms with Gasteiger partial charge in [0.25, 0.3) is 0 Å². The summed E-state index contributed by atoms with van der Waals surface area (Å²) in [5.74, 6) is 0.968. The molecule has 0 aromatic carbocycles. The van der Waals surface area contributed by atoms with Crippen molar-refractivity contribution in [3.05, 3.63) is 24.3 Å². The molecule has 5 atom stereocenters. The smallest absolute Gasteiger partial charge is 0.302 e. The number of Topliss-reactive ketones (excluding diaryl/α,β-unsaturated/α-hetero) is 1. The van der Waals surface area contributed by atoms with Gasteiger partial charge in [-0.3, -0.25) is 9.59 Å². The minimum Gasteiger partial charge on any atom is -0.465 e. The number of allylic oxidation sites excluding steroid dienone is 3. The van der Waals surface area contributed by atoms with Crippen LogP contribution in [-0.4, -0.2) is 18.4 Å². The molecule has 0 N–H and O–H groups in total. The molecule has 2 fully saturated rings. The fraction of sp³-hybridized carbons (Fsp3) is 0.727. The van der Waals surface area contributed by atoms with E-state index in [1.165, 1.54) is 12.5 Å². The van der Waals surface area contributed by atoms with E-state index in [4.69, 9.17) is 4.74 Å². The maximum absolute atomic E-state index is 12.7. The molecule has 3 nitrogen and oxygen atoms in total. The van der Waals surface area contributed by atoms with Gasteiger partial charge in [0, 0.05) is 30.6 Å². The van der Waals surface area contributed by atoms with Gasteiger partial charge in [-0.15, -0.1) is 6.58 Å². The third kappa shape index (κ3) is 3.11. The molecule has 3 heteroatoms. The Morgan fingerprint density at radius 2 is 2.04 bits per heavy atom. The first-order valence-corrected chi connectivity index (χ1v) is 9.62. The van der Waals surface area contributed by atoms with E-state index in [0.29, 0.717) is 37.1 Å². The Morgan fingerprint density at radius 1 is 1.32 bits per heavy atom. The molecular weight excluding hydrogens is 312 g/mol. The molecule has 0 saturated heterocycles. The lowest BCUT2D eigenvalue weighted by Gasteiger charge is -2.59. The van der Waals surface area contributed by atoms with Crippen LogP contribution in [0.2, 0.25) is 0 Å². The second-order valence-electron chi connectivity index (χ2n) is 9.44. The van der Waals surface area contributed by atoms with Crippen LogP contribution in [0.15, 0.2) is 24.3 Å². The molecule has 0 amide bonds. The van der Waals surface area contributed by atoms with Crippen molar-refractivity contribution < 1.29 is 14.3 Å². The van der Waals surface area contributed by atoms with Crippen molar-refractivity contribution in [2.24, 2.45) is 28.1 Å². The van der Waals surface area contributed by atoms with Gasteiger partial charge in [-0.25, -0.2) is 0 Å². The minimum absolute atomic E-state index is 0.0170. The quantitative estimate of drug-likeness (QED) is 0.542. The number of ketones is 1. The minimum atomic E-state index is -0.253. The predicted octanol–water partition coefficient (Wildman–Crippen LogP) is 4.86. The van der Waals surface area contributed by atoms with Crippen molar-refractivity contribution in [2.75, 3.05) is 6.61 Å². The summed E-state index contributed by atoms with van der Waals surface area (Å²) in [6, 6.07) is 0. The van der Waals surface area contributed by atoms with Crippen molar-refractivity contribution in [3.8, 4) is 0 Å². The van der Waals surface area contributed by atoms with E-state index in [0.717, 1.165) is 25.7 Å². The number of carbonyl (C=O) groups excluding carboxylic acids is 2.